The lowest BCUT2D eigenvalue weighted by atomic mass is 10.3. The van der Waals surface area contributed by atoms with Gasteiger partial charge in [0.2, 0.25) is 0 Å². The molecule has 3 nitrogen and oxygen atoms in total. The van der Waals surface area contributed by atoms with Gasteiger partial charge in [-0.05, 0) is 25.0 Å². The van der Waals surface area contributed by atoms with Crippen LogP contribution in [0.3, 0.4) is 0 Å². The van der Waals surface area contributed by atoms with Crippen LogP contribution in [0.1, 0.15) is 12.8 Å². The van der Waals surface area contributed by atoms with Gasteiger partial charge in [-0.25, -0.2) is 8.42 Å². The molecule has 1 aromatic carbocycles. The van der Waals surface area contributed by atoms with Crippen molar-refractivity contribution in [2.45, 2.75) is 17.7 Å². The molecular formula is C12H13O3S-. The number of sulfone groups is 1. The maximum atomic E-state index is 11.7. The Kier molecular flexibility index (Phi) is 4.31. The van der Waals surface area contributed by atoms with Gasteiger partial charge in [0.15, 0.2) is 9.84 Å². The zero-order valence-corrected chi connectivity index (χ0v) is 9.61. The predicted molar refractivity (Wildman–Crippen MR) is 61.1 cm³/mol. The molecule has 0 aromatic heterocycles. The Morgan fingerprint density at radius 1 is 1.31 bits per heavy atom. The number of hydrogen-bond donors (Lipinski definition) is 0. The quantitative estimate of drug-likeness (QED) is 0.577. The van der Waals surface area contributed by atoms with Crippen LogP contribution in [-0.2, 0) is 9.84 Å². The highest BCUT2D eigenvalue weighted by Crippen LogP contribution is 2.13. The first-order chi connectivity index (χ1) is 7.56. The van der Waals surface area contributed by atoms with Gasteiger partial charge in [0.05, 0.1) is 4.90 Å². The van der Waals surface area contributed by atoms with Crippen molar-refractivity contribution in [1.29, 1.82) is 0 Å². The third-order valence-corrected chi connectivity index (χ3v) is 3.46. The van der Waals surface area contributed by atoms with Crippen LogP contribution in [0.5, 0.6) is 0 Å². The first-order valence-electron chi connectivity index (χ1n) is 4.85. The highest BCUT2D eigenvalue weighted by atomic mass is 32.2. The van der Waals surface area contributed by atoms with Crippen LogP contribution in [0.15, 0.2) is 59.0 Å². The fourth-order valence-electron chi connectivity index (χ4n) is 1.15. The molecule has 0 aliphatic carbocycles. The van der Waals surface area contributed by atoms with E-state index in [1.54, 1.807) is 24.3 Å². The second-order valence-electron chi connectivity index (χ2n) is 3.27. The molecule has 4 heteroatoms. The molecule has 0 saturated heterocycles. The van der Waals surface area contributed by atoms with E-state index < -0.39 is 15.6 Å². The topological polar surface area (TPSA) is 57.2 Å². The third-order valence-electron chi connectivity index (χ3n) is 1.95. The zero-order valence-electron chi connectivity index (χ0n) is 8.80. The second kappa shape index (κ2) is 5.51. The number of benzene rings is 1. The molecule has 86 valence electrons. The van der Waals surface area contributed by atoms with Crippen molar-refractivity contribution in [1.82, 2.24) is 0 Å². The van der Waals surface area contributed by atoms with Gasteiger partial charge in [0.1, 0.15) is 0 Å². The summed E-state index contributed by atoms with van der Waals surface area (Å²) in [4.78, 5) is 0.141. The molecule has 0 aliphatic rings. The number of hydrogen-bond acceptors (Lipinski definition) is 3. The minimum atomic E-state index is -3.60. The Hall–Kier alpha value is -1.55. The van der Waals surface area contributed by atoms with Crippen LogP contribution >= 0.6 is 0 Å². The van der Waals surface area contributed by atoms with E-state index in [1.807, 2.05) is 0 Å². The van der Waals surface area contributed by atoms with Crippen molar-refractivity contribution in [3.63, 3.8) is 0 Å². The van der Waals surface area contributed by atoms with Crippen molar-refractivity contribution in [2.24, 2.45) is 0 Å². The SMILES string of the molecule is C=CCC/C([O-])=C\S(=O)(=O)c1ccccc1. The van der Waals surface area contributed by atoms with Crippen molar-refractivity contribution >= 4 is 9.84 Å². The van der Waals surface area contributed by atoms with Gasteiger partial charge < -0.3 is 5.11 Å². The summed E-state index contributed by atoms with van der Waals surface area (Å²) in [5.74, 6) is -0.399. The lowest BCUT2D eigenvalue weighted by Gasteiger charge is -2.10. The Morgan fingerprint density at radius 2 is 1.94 bits per heavy atom. The molecular weight excluding hydrogens is 224 g/mol. The summed E-state index contributed by atoms with van der Waals surface area (Å²) in [6, 6.07) is 7.89. The van der Waals surface area contributed by atoms with E-state index >= 15 is 0 Å². The summed E-state index contributed by atoms with van der Waals surface area (Å²) < 4.78 is 23.4. The highest BCUT2D eigenvalue weighted by molar-refractivity contribution is 7.94. The second-order valence-corrected chi connectivity index (χ2v) is 5.07. The largest absolute Gasteiger partial charge is 0.875 e. The van der Waals surface area contributed by atoms with Gasteiger partial charge in [-0.15, -0.1) is 12.3 Å². The maximum absolute atomic E-state index is 11.7. The van der Waals surface area contributed by atoms with E-state index in [0.29, 0.717) is 6.42 Å². The number of allylic oxidation sites excluding steroid dienone is 2. The normalized spacial score (nSPS) is 12.4. The van der Waals surface area contributed by atoms with Gasteiger partial charge >= 0.3 is 0 Å². The molecule has 0 atom stereocenters. The third kappa shape index (κ3) is 3.55. The summed E-state index contributed by atoms with van der Waals surface area (Å²) in [7, 11) is -3.60. The molecule has 1 rings (SSSR count). The fourth-order valence-corrected chi connectivity index (χ4v) is 2.29. The lowest BCUT2D eigenvalue weighted by Crippen LogP contribution is -2.07. The van der Waals surface area contributed by atoms with Crippen LogP contribution in [0.25, 0.3) is 0 Å². The summed E-state index contributed by atoms with van der Waals surface area (Å²) in [5, 5.41) is 12.1. The molecule has 0 unspecified atom stereocenters. The molecule has 0 aliphatic heterocycles. The first-order valence-corrected chi connectivity index (χ1v) is 6.39. The van der Waals surface area contributed by atoms with E-state index in [4.69, 9.17) is 0 Å². The van der Waals surface area contributed by atoms with Gasteiger partial charge in [-0.3, -0.25) is 0 Å². The smallest absolute Gasteiger partial charge is 0.198 e. The van der Waals surface area contributed by atoms with Crippen molar-refractivity contribution < 1.29 is 13.5 Å². The molecule has 0 bridgehead atoms. The summed E-state index contributed by atoms with van der Waals surface area (Å²) in [6.07, 6.45) is 2.25. The Morgan fingerprint density at radius 3 is 2.50 bits per heavy atom. The van der Waals surface area contributed by atoms with Gasteiger partial charge in [0, 0.05) is 5.41 Å². The van der Waals surface area contributed by atoms with E-state index in [9.17, 15) is 13.5 Å². The standard InChI is InChI=1S/C12H14O3S/c1-2-3-7-11(13)10-16(14,15)12-8-5-4-6-9-12/h2,4-6,8-10,13H,1,3,7H2/p-1/b11-10+. The molecule has 0 spiro atoms. The Balaban J connectivity index is 2.92. The van der Waals surface area contributed by atoms with Gasteiger partial charge in [-0.1, -0.05) is 24.3 Å². The molecule has 0 heterocycles. The average Bonchev–Trinajstić information content (AvgIpc) is 2.27. The van der Waals surface area contributed by atoms with Crippen LogP contribution in [0.2, 0.25) is 0 Å². The van der Waals surface area contributed by atoms with Crippen molar-refractivity contribution in [3.05, 3.63) is 54.2 Å². The van der Waals surface area contributed by atoms with Crippen molar-refractivity contribution in [3.8, 4) is 0 Å². The number of rotatable bonds is 5. The predicted octanol–water partition coefficient (Wildman–Crippen LogP) is 1.63. The minimum Gasteiger partial charge on any atom is -0.875 e. The average molecular weight is 237 g/mol. The molecule has 0 N–H and O–H groups in total. The molecule has 0 radical (unpaired) electrons. The van der Waals surface area contributed by atoms with E-state index in [0.717, 1.165) is 5.41 Å². The molecule has 0 saturated carbocycles. The van der Waals surface area contributed by atoms with E-state index in [2.05, 4.69) is 6.58 Å². The summed E-state index contributed by atoms with van der Waals surface area (Å²) in [6.45, 7) is 3.47. The van der Waals surface area contributed by atoms with Crippen LogP contribution in [0, 0.1) is 0 Å². The molecule has 0 amide bonds. The van der Waals surface area contributed by atoms with Gasteiger partial charge in [-0.2, -0.15) is 0 Å². The maximum Gasteiger partial charge on any atom is 0.198 e. The molecule has 16 heavy (non-hydrogen) atoms. The fraction of sp³-hybridized carbons (Fsp3) is 0.167. The monoisotopic (exact) mass is 237 g/mol. The van der Waals surface area contributed by atoms with Crippen LogP contribution < -0.4 is 5.11 Å². The minimum absolute atomic E-state index is 0.141. The Labute approximate surface area is 95.7 Å². The molecule has 1 aromatic rings. The Bertz CT molecular complexity index is 472. The highest BCUT2D eigenvalue weighted by Gasteiger charge is 2.08. The first kappa shape index (κ1) is 12.5. The summed E-state index contributed by atoms with van der Waals surface area (Å²) >= 11 is 0. The van der Waals surface area contributed by atoms with Gasteiger partial charge in [0.25, 0.3) is 0 Å². The van der Waals surface area contributed by atoms with E-state index in [1.165, 1.54) is 12.1 Å². The summed E-state index contributed by atoms with van der Waals surface area (Å²) in [5.41, 5.74) is 0. The van der Waals surface area contributed by atoms with E-state index in [-0.39, 0.29) is 11.3 Å². The lowest BCUT2D eigenvalue weighted by molar-refractivity contribution is -0.306. The van der Waals surface area contributed by atoms with Crippen LogP contribution in [-0.4, -0.2) is 8.42 Å². The van der Waals surface area contributed by atoms with Crippen LogP contribution in [0.4, 0.5) is 0 Å². The zero-order chi connectivity index (χ0) is 12.0. The molecule has 0 fully saturated rings. The van der Waals surface area contributed by atoms with Crippen molar-refractivity contribution in [2.75, 3.05) is 0 Å².